The summed E-state index contributed by atoms with van der Waals surface area (Å²) in [5.41, 5.74) is -0.151. The maximum Gasteiger partial charge on any atom is 0.251 e. The minimum atomic E-state index is -0.507. The lowest BCUT2D eigenvalue weighted by Crippen LogP contribution is -2.39. The summed E-state index contributed by atoms with van der Waals surface area (Å²) >= 11 is 0. The number of rotatable bonds is 4. The Hall–Kier alpha value is -1.62. The zero-order valence-electron chi connectivity index (χ0n) is 9.50. The Balaban J connectivity index is 2.14. The smallest absolute Gasteiger partial charge is 0.251 e. The Bertz CT molecular complexity index is 443. The minimum Gasteiger partial charge on any atom is -0.494 e. The van der Waals surface area contributed by atoms with E-state index in [0.29, 0.717) is 5.56 Å². The quantitative estimate of drug-likeness (QED) is 0.826. The molecule has 0 spiro atoms. The Labute approximate surface area is 98.4 Å². The number of methoxy groups -OCH3 is 1. The normalized spacial score (nSPS) is 16.4. The average molecular weight is 239 g/mol. The number of benzene rings is 1. The molecule has 0 atom stereocenters. The highest BCUT2D eigenvalue weighted by Gasteiger charge is 2.43. The number of carbonyl (C=O) groups excluding carboxylic acids is 1. The third-order valence-electron chi connectivity index (χ3n) is 2.95. The van der Waals surface area contributed by atoms with Gasteiger partial charge in [0.1, 0.15) is 0 Å². The molecule has 1 amide bonds. The van der Waals surface area contributed by atoms with Gasteiger partial charge in [0, 0.05) is 5.56 Å². The zero-order chi connectivity index (χ0) is 12.5. The van der Waals surface area contributed by atoms with Gasteiger partial charge in [-0.15, -0.1) is 0 Å². The minimum absolute atomic E-state index is 0.0338. The number of hydrogen-bond acceptors (Lipinski definition) is 3. The number of hydrogen-bond donors (Lipinski definition) is 2. The number of aliphatic hydroxyl groups excluding tert-OH is 1. The van der Waals surface area contributed by atoms with Gasteiger partial charge in [-0.3, -0.25) is 4.79 Å². The van der Waals surface area contributed by atoms with Crippen LogP contribution in [0.3, 0.4) is 0 Å². The summed E-state index contributed by atoms with van der Waals surface area (Å²) < 4.78 is 18.0. The van der Waals surface area contributed by atoms with Crippen molar-refractivity contribution in [1.29, 1.82) is 0 Å². The highest BCUT2D eigenvalue weighted by molar-refractivity contribution is 5.95. The highest BCUT2D eigenvalue weighted by Crippen LogP contribution is 2.34. The lowest BCUT2D eigenvalue weighted by atomic mass is 10.1. The molecule has 1 aromatic rings. The van der Waals surface area contributed by atoms with Crippen molar-refractivity contribution < 1.29 is 19.0 Å². The van der Waals surface area contributed by atoms with Gasteiger partial charge in [-0.2, -0.15) is 0 Å². The summed E-state index contributed by atoms with van der Waals surface area (Å²) in [5.74, 6) is -0.798. The van der Waals surface area contributed by atoms with Crippen LogP contribution < -0.4 is 10.1 Å². The van der Waals surface area contributed by atoms with Crippen LogP contribution in [-0.4, -0.2) is 30.3 Å². The van der Waals surface area contributed by atoms with Gasteiger partial charge in [-0.1, -0.05) is 0 Å². The molecule has 5 heteroatoms. The van der Waals surface area contributed by atoms with Gasteiger partial charge in [0.2, 0.25) is 0 Å². The molecule has 1 aliphatic rings. The van der Waals surface area contributed by atoms with Gasteiger partial charge in [0.05, 0.1) is 19.3 Å². The second-order valence-corrected chi connectivity index (χ2v) is 4.24. The van der Waals surface area contributed by atoms with Gasteiger partial charge in [0.15, 0.2) is 11.6 Å². The number of ether oxygens (including phenoxy) is 1. The Kier molecular flexibility index (Phi) is 3.02. The molecule has 1 aromatic carbocycles. The van der Waals surface area contributed by atoms with E-state index in [0.717, 1.165) is 12.8 Å². The number of nitrogens with one attached hydrogen (secondary N) is 1. The van der Waals surface area contributed by atoms with Crippen LogP contribution in [0.1, 0.15) is 23.2 Å². The summed E-state index contributed by atoms with van der Waals surface area (Å²) in [6.45, 7) is -0.0724. The molecule has 0 aromatic heterocycles. The molecule has 0 unspecified atom stereocenters. The molecule has 1 fully saturated rings. The van der Waals surface area contributed by atoms with Crippen molar-refractivity contribution in [3.8, 4) is 5.75 Å². The van der Waals surface area contributed by atoms with E-state index in [1.807, 2.05) is 0 Å². The highest BCUT2D eigenvalue weighted by atomic mass is 19.1. The summed E-state index contributed by atoms with van der Waals surface area (Å²) in [5, 5.41) is 11.8. The molecule has 0 saturated heterocycles. The Morgan fingerprint density at radius 3 is 2.82 bits per heavy atom. The number of aliphatic hydroxyl groups is 1. The van der Waals surface area contributed by atoms with Crippen LogP contribution >= 0.6 is 0 Å². The fraction of sp³-hybridized carbons (Fsp3) is 0.417. The summed E-state index contributed by atoms with van der Waals surface area (Å²) in [6.07, 6.45) is 1.54. The lowest BCUT2D eigenvalue weighted by Gasteiger charge is -2.14. The number of halogens is 1. The maximum atomic E-state index is 13.2. The Morgan fingerprint density at radius 1 is 1.59 bits per heavy atom. The topological polar surface area (TPSA) is 58.6 Å². The molecular formula is C12H14FNO3. The van der Waals surface area contributed by atoms with E-state index in [1.54, 1.807) is 0 Å². The molecule has 1 aliphatic carbocycles. The van der Waals surface area contributed by atoms with E-state index >= 15 is 0 Å². The van der Waals surface area contributed by atoms with Crippen LogP contribution in [0.4, 0.5) is 4.39 Å². The molecule has 0 aliphatic heterocycles. The number of amides is 1. The first-order valence-corrected chi connectivity index (χ1v) is 5.37. The van der Waals surface area contributed by atoms with Gasteiger partial charge in [0.25, 0.3) is 5.91 Å². The van der Waals surface area contributed by atoms with E-state index in [4.69, 9.17) is 9.84 Å². The molecule has 2 N–H and O–H groups in total. The van der Waals surface area contributed by atoms with Crippen molar-refractivity contribution in [3.63, 3.8) is 0 Å². The van der Waals surface area contributed by atoms with E-state index in [2.05, 4.69) is 5.32 Å². The van der Waals surface area contributed by atoms with Crippen molar-refractivity contribution in [2.24, 2.45) is 0 Å². The maximum absolute atomic E-state index is 13.2. The standard InChI is InChI=1S/C12H14FNO3/c1-17-10-6-8(2-3-9(10)13)11(16)14-12(7-15)4-5-12/h2-3,6,15H,4-5,7H2,1H3,(H,14,16). The van der Waals surface area contributed by atoms with Crippen LogP contribution in [0, 0.1) is 5.82 Å². The van der Waals surface area contributed by atoms with Crippen LogP contribution in [0.5, 0.6) is 5.75 Å². The SMILES string of the molecule is COc1cc(C(=O)NC2(CO)CC2)ccc1F. The van der Waals surface area contributed by atoms with E-state index < -0.39 is 11.4 Å². The van der Waals surface area contributed by atoms with Crippen LogP contribution in [0.25, 0.3) is 0 Å². The van der Waals surface area contributed by atoms with Crippen molar-refractivity contribution in [2.75, 3.05) is 13.7 Å². The predicted molar refractivity (Wildman–Crippen MR) is 59.5 cm³/mol. The number of carbonyl (C=O) groups is 1. The molecule has 0 bridgehead atoms. The largest absolute Gasteiger partial charge is 0.494 e. The second kappa shape index (κ2) is 4.33. The van der Waals surface area contributed by atoms with Crippen molar-refractivity contribution >= 4 is 5.91 Å². The second-order valence-electron chi connectivity index (χ2n) is 4.24. The Morgan fingerprint density at radius 2 is 2.29 bits per heavy atom. The molecule has 0 radical (unpaired) electrons. The van der Waals surface area contributed by atoms with E-state index in [9.17, 15) is 9.18 Å². The van der Waals surface area contributed by atoms with E-state index in [-0.39, 0.29) is 18.3 Å². The summed E-state index contributed by atoms with van der Waals surface area (Å²) in [6, 6.07) is 3.92. The van der Waals surface area contributed by atoms with Crippen molar-refractivity contribution in [1.82, 2.24) is 5.32 Å². The van der Waals surface area contributed by atoms with Gasteiger partial charge in [-0.25, -0.2) is 4.39 Å². The van der Waals surface area contributed by atoms with Crippen LogP contribution in [0.15, 0.2) is 18.2 Å². The third-order valence-corrected chi connectivity index (χ3v) is 2.95. The summed E-state index contributed by atoms with van der Waals surface area (Å²) in [4.78, 5) is 11.8. The monoisotopic (exact) mass is 239 g/mol. The fourth-order valence-electron chi connectivity index (χ4n) is 1.59. The van der Waals surface area contributed by atoms with Crippen LogP contribution in [-0.2, 0) is 0 Å². The molecule has 4 nitrogen and oxygen atoms in total. The third kappa shape index (κ3) is 2.39. The molecule has 17 heavy (non-hydrogen) atoms. The van der Waals surface area contributed by atoms with E-state index in [1.165, 1.54) is 25.3 Å². The van der Waals surface area contributed by atoms with Crippen molar-refractivity contribution in [3.05, 3.63) is 29.6 Å². The molecular weight excluding hydrogens is 225 g/mol. The zero-order valence-corrected chi connectivity index (χ0v) is 9.50. The van der Waals surface area contributed by atoms with Crippen LogP contribution in [0.2, 0.25) is 0 Å². The van der Waals surface area contributed by atoms with Gasteiger partial charge >= 0.3 is 0 Å². The average Bonchev–Trinajstić information content (AvgIpc) is 3.10. The van der Waals surface area contributed by atoms with Gasteiger partial charge in [-0.05, 0) is 31.0 Å². The first kappa shape index (κ1) is 11.9. The molecule has 92 valence electrons. The first-order chi connectivity index (χ1) is 8.10. The molecule has 1 saturated carbocycles. The fourth-order valence-corrected chi connectivity index (χ4v) is 1.59. The lowest BCUT2D eigenvalue weighted by molar-refractivity contribution is 0.0906. The first-order valence-electron chi connectivity index (χ1n) is 5.37. The molecule has 0 heterocycles. The summed E-state index contributed by atoms with van der Waals surface area (Å²) in [7, 11) is 1.34. The van der Waals surface area contributed by atoms with Crippen molar-refractivity contribution in [2.45, 2.75) is 18.4 Å². The predicted octanol–water partition coefficient (Wildman–Crippen LogP) is 1.09. The van der Waals surface area contributed by atoms with Gasteiger partial charge < -0.3 is 15.2 Å². The molecule has 2 rings (SSSR count).